The first-order valence-electron chi connectivity index (χ1n) is 4.80. The molecule has 0 bridgehead atoms. The first-order chi connectivity index (χ1) is 6.75. The first-order valence-corrected chi connectivity index (χ1v) is 4.80. The van der Waals surface area contributed by atoms with Gasteiger partial charge in [-0.1, -0.05) is 29.8 Å². The van der Waals surface area contributed by atoms with Crippen molar-refractivity contribution < 1.29 is 0 Å². The highest BCUT2D eigenvalue weighted by molar-refractivity contribution is 5.27. The Balaban J connectivity index is 2.19. The SMILES string of the molecule is Cc1ccc(Cc2[nH]ncc2C)cc1. The van der Waals surface area contributed by atoms with E-state index in [1.165, 1.54) is 22.4 Å². The molecule has 0 aliphatic heterocycles. The summed E-state index contributed by atoms with van der Waals surface area (Å²) in [6.07, 6.45) is 2.80. The van der Waals surface area contributed by atoms with Gasteiger partial charge in [-0.25, -0.2) is 0 Å². The summed E-state index contributed by atoms with van der Waals surface area (Å²) >= 11 is 0. The van der Waals surface area contributed by atoms with E-state index < -0.39 is 0 Å². The molecule has 0 saturated carbocycles. The van der Waals surface area contributed by atoms with Gasteiger partial charge < -0.3 is 0 Å². The van der Waals surface area contributed by atoms with Gasteiger partial charge >= 0.3 is 0 Å². The second kappa shape index (κ2) is 3.66. The molecule has 2 aromatic rings. The third-order valence-corrected chi connectivity index (χ3v) is 2.44. The van der Waals surface area contributed by atoms with Crippen LogP contribution < -0.4 is 0 Å². The lowest BCUT2D eigenvalue weighted by Crippen LogP contribution is -1.90. The van der Waals surface area contributed by atoms with E-state index in [0.717, 1.165) is 6.42 Å². The van der Waals surface area contributed by atoms with Crippen molar-refractivity contribution in [3.05, 3.63) is 52.8 Å². The molecular weight excluding hydrogens is 172 g/mol. The van der Waals surface area contributed by atoms with Gasteiger partial charge in [0, 0.05) is 12.1 Å². The molecule has 0 radical (unpaired) electrons. The fourth-order valence-electron chi connectivity index (χ4n) is 1.46. The molecule has 0 spiro atoms. The Labute approximate surface area is 84.0 Å². The van der Waals surface area contributed by atoms with Crippen molar-refractivity contribution >= 4 is 0 Å². The molecule has 0 atom stereocenters. The summed E-state index contributed by atoms with van der Waals surface area (Å²) in [5.41, 5.74) is 5.05. The highest BCUT2D eigenvalue weighted by Crippen LogP contribution is 2.11. The Morgan fingerprint density at radius 1 is 1.14 bits per heavy atom. The zero-order chi connectivity index (χ0) is 9.97. The highest BCUT2D eigenvalue weighted by Gasteiger charge is 2.01. The van der Waals surface area contributed by atoms with E-state index in [4.69, 9.17) is 0 Å². The Bertz CT molecular complexity index is 412. The van der Waals surface area contributed by atoms with Crippen molar-refractivity contribution in [2.24, 2.45) is 0 Å². The van der Waals surface area contributed by atoms with Crippen molar-refractivity contribution in [3.8, 4) is 0 Å². The molecule has 1 aromatic heterocycles. The van der Waals surface area contributed by atoms with Crippen LogP contribution in [0.25, 0.3) is 0 Å². The maximum absolute atomic E-state index is 4.01. The van der Waals surface area contributed by atoms with Crippen LogP contribution in [0.4, 0.5) is 0 Å². The van der Waals surface area contributed by atoms with Gasteiger partial charge in [0.2, 0.25) is 0 Å². The molecule has 0 saturated heterocycles. The number of hydrogen-bond donors (Lipinski definition) is 1. The zero-order valence-corrected chi connectivity index (χ0v) is 8.54. The van der Waals surface area contributed by atoms with Crippen molar-refractivity contribution in [2.75, 3.05) is 0 Å². The quantitative estimate of drug-likeness (QED) is 0.767. The van der Waals surface area contributed by atoms with E-state index in [-0.39, 0.29) is 0 Å². The van der Waals surface area contributed by atoms with E-state index in [0.29, 0.717) is 0 Å². The van der Waals surface area contributed by atoms with Crippen LogP contribution in [0.3, 0.4) is 0 Å². The van der Waals surface area contributed by atoms with Gasteiger partial charge in [0.05, 0.1) is 6.20 Å². The van der Waals surface area contributed by atoms with E-state index in [1.807, 2.05) is 6.20 Å². The predicted octanol–water partition coefficient (Wildman–Crippen LogP) is 2.62. The van der Waals surface area contributed by atoms with Crippen LogP contribution in [-0.4, -0.2) is 10.2 Å². The van der Waals surface area contributed by atoms with Crippen LogP contribution in [0.1, 0.15) is 22.4 Å². The lowest BCUT2D eigenvalue weighted by atomic mass is 10.1. The molecule has 0 aliphatic rings. The van der Waals surface area contributed by atoms with Gasteiger partial charge in [0.15, 0.2) is 0 Å². The summed E-state index contributed by atoms with van der Waals surface area (Å²) < 4.78 is 0. The highest BCUT2D eigenvalue weighted by atomic mass is 15.1. The molecular formula is C12H14N2. The predicted molar refractivity (Wildman–Crippen MR) is 57.3 cm³/mol. The van der Waals surface area contributed by atoms with Crippen LogP contribution in [0, 0.1) is 13.8 Å². The van der Waals surface area contributed by atoms with Gasteiger partial charge in [-0.3, -0.25) is 5.10 Å². The monoisotopic (exact) mass is 186 g/mol. The minimum atomic E-state index is 0.937. The average molecular weight is 186 g/mol. The summed E-state index contributed by atoms with van der Waals surface area (Å²) in [4.78, 5) is 0. The Kier molecular flexibility index (Phi) is 2.35. The molecule has 0 fully saturated rings. The van der Waals surface area contributed by atoms with Gasteiger partial charge in [-0.15, -0.1) is 0 Å². The van der Waals surface area contributed by atoms with Crippen molar-refractivity contribution in [3.63, 3.8) is 0 Å². The molecule has 1 heterocycles. The number of aromatic amines is 1. The number of H-pyrrole nitrogens is 1. The van der Waals surface area contributed by atoms with Crippen molar-refractivity contribution in [2.45, 2.75) is 20.3 Å². The summed E-state index contributed by atoms with van der Waals surface area (Å²) in [5.74, 6) is 0. The molecule has 2 heteroatoms. The van der Waals surface area contributed by atoms with Crippen molar-refractivity contribution in [1.82, 2.24) is 10.2 Å². The second-order valence-electron chi connectivity index (χ2n) is 3.69. The Hall–Kier alpha value is -1.57. The fraction of sp³-hybridized carbons (Fsp3) is 0.250. The van der Waals surface area contributed by atoms with E-state index in [2.05, 4.69) is 48.3 Å². The largest absolute Gasteiger partial charge is 0.282 e. The third kappa shape index (κ3) is 1.84. The molecule has 72 valence electrons. The normalized spacial score (nSPS) is 10.4. The van der Waals surface area contributed by atoms with Crippen LogP contribution in [0.15, 0.2) is 30.5 Å². The number of aromatic nitrogens is 2. The minimum Gasteiger partial charge on any atom is -0.282 e. The molecule has 14 heavy (non-hydrogen) atoms. The molecule has 2 rings (SSSR count). The summed E-state index contributed by atoms with van der Waals surface area (Å²) in [6, 6.07) is 8.60. The standard InChI is InChI=1S/C12H14N2/c1-9-3-5-11(6-4-9)7-12-10(2)8-13-14-12/h3-6,8H,7H2,1-2H3,(H,13,14). The minimum absolute atomic E-state index is 0.937. The third-order valence-electron chi connectivity index (χ3n) is 2.44. The molecule has 0 unspecified atom stereocenters. The summed E-state index contributed by atoms with van der Waals surface area (Å²) in [6.45, 7) is 4.18. The number of rotatable bonds is 2. The second-order valence-corrected chi connectivity index (χ2v) is 3.69. The van der Waals surface area contributed by atoms with E-state index in [1.54, 1.807) is 0 Å². The van der Waals surface area contributed by atoms with Crippen LogP contribution in [0.5, 0.6) is 0 Å². The molecule has 1 aromatic carbocycles. The molecule has 0 aliphatic carbocycles. The fourth-order valence-corrected chi connectivity index (χ4v) is 1.46. The summed E-state index contributed by atoms with van der Waals surface area (Å²) in [7, 11) is 0. The van der Waals surface area contributed by atoms with Gasteiger partial charge in [-0.05, 0) is 25.0 Å². The Morgan fingerprint density at radius 2 is 1.86 bits per heavy atom. The smallest absolute Gasteiger partial charge is 0.0519 e. The summed E-state index contributed by atoms with van der Waals surface area (Å²) in [5, 5.41) is 7.03. The van der Waals surface area contributed by atoms with Gasteiger partial charge in [0.25, 0.3) is 0 Å². The van der Waals surface area contributed by atoms with E-state index in [9.17, 15) is 0 Å². The molecule has 0 amide bonds. The molecule has 1 N–H and O–H groups in total. The lowest BCUT2D eigenvalue weighted by Gasteiger charge is -2.00. The van der Waals surface area contributed by atoms with Crippen molar-refractivity contribution in [1.29, 1.82) is 0 Å². The maximum atomic E-state index is 4.01. The number of aryl methyl sites for hydroxylation is 2. The van der Waals surface area contributed by atoms with Gasteiger partial charge in [-0.2, -0.15) is 5.10 Å². The Morgan fingerprint density at radius 3 is 2.43 bits per heavy atom. The van der Waals surface area contributed by atoms with Crippen LogP contribution >= 0.6 is 0 Å². The van der Waals surface area contributed by atoms with Gasteiger partial charge in [0.1, 0.15) is 0 Å². The topological polar surface area (TPSA) is 28.7 Å². The first kappa shape index (κ1) is 9.00. The number of hydrogen-bond acceptors (Lipinski definition) is 1. The van der Waals surface area contributed by atoms with E-state index >= 15 is 0 Å². The average Bonchev–Trinajstić information content (AvgIpc) is 2.56. The maximum Gasteiger partial charge on any atom is 0.0519 e. The molecule has 2 nitrogen and oxygen atoms in total. The number of nitrogens with one attached hydrogen (secondary N) is 1. The number of nitrogens with zero attached hydrogens (tertiary/aromatic N) is 1. The number of benzene rings is 1. The van der Waals surface area contributed by atoms with Crippen LogP contribution in [0.2, 0.25) is 0 Å². The lowest BCUT2D eigenvalue weighted by molar-refractivity contribution is 0.991. The van der Waals surface area contributed by atoms with Crippen LogP contribution in [-0.2, 0) is 6.42 Å². The zero-order valence-electron chi connectivity index (χ0n) is 8.54.